The lowest BCUT2D eigenvalue weighted by molar-refractivity contribution is 0.0702. The van der Waals surface area contributed by atoms with Gasteiger partial charge >= 0.3 is 5.97 Å². The van der Waals surface area contributed by atoms with Crippen LogP contribution in [-0.4, -0.2) is 26.0 Å². The van der Waals surface area contributed by atoms with E-state index in [0.717, 1.165) is 17.4 Å². The number of carbonyl (C=O) groups is 1. The molecule has 0 aliphatic rings. The number of aromatic carboxylic acids is 1. The number of nitriles is 1. The second kappa shape index (κ2) is 5.48. The third-order valence-corrected chi connectivity index (χ3v) is 4.89. The maximum absolute atomic E-state index is 11.9. The van der Waals surface area contributed by atoms with Crippen molar-refractivity contribution in [2.24, 2.45) is 5.92 Å². The van der Waals surface area contributed by atoms with E-state index in [0.29, 0.717) is 4.88 Å². The maximum Gasteiger partial charge on any atom is 0.345 e. The first-order valence-electron chi connectivity index (χ1n) is 5.01. The highest BCUT2D eigenvalue weighted by atomic mass is 32.2. The van der Waals surface area contributed by atoms with E-state index in [1.54, 1.807) is 13.8 Å². The largest absolute Gasteiger partial charge is 0.477 e. The number of sulfonamides is 1. The molecule has 1 rings (SSSR count). The van der Waals surface area contributed by atoms with Gasteiger partial charge in [-0.25, -0.2) is 17.9 Å². The molecular weight excluding hydrogens is 276 g/mol. The summed E-state index contributed by atoms with van der Waals surface area (Å²) in [4.78, 5) is 11.1. The number of thiophene rings is 1. The fourth-order valence-electron chi connectivity index (χ4n) is 1.20. The number of nitrogens with zero attached hydrogens (tertiary/aromatic N) is 1. The SMILES string of the molecule is Cc1sc(C(=O)O)cc1S(=O)(=O)NCC(C)C#N. The number of aryl methyl sites for hydroxylation is 1. The smallest absolute Gasteiger partial charge is 0.345 e. The second-order valence-electron chi connectivity index (χ2n) is 3.72. The summed E-state index contributed by atoms with van der Waals surface area (Å²) in [5.41, 5.74) is 0. The van der Waals surface area contributed by atoms with Crippen molar-refractivity contribution in [2.45, 2.75) is 18.7 Å². The Bertz CT molecular complexity index is 598. The fraction of sp³-hybridized carbons (Fsp3) is 0.400. The summed E-state index contributed by atoms with van der Waals surface area (Å²) in [6.45, 7) is 3.13. The van der Waals surface area contributed by atoms with Crippen molar-refractivity contribution in [3.63, 3.8) is 0 Å². The molecule has 0 bridgehead atoms. The first-order valence-corrected chi connectivity index (χ1v) is 7.31. The first kappa shape index (κ1) is 14.6. The Morgan fingerprint density at radius 2 is 2.28 bits per heavy atom. The van der Waals surface area contributed by atoms with E-state index in [-0.39, 0.29) is 16.3 Å². The van der Waals surface area contributed by atoms with Gasteiger partial charge in [-0.05, 0) is 19.9 Å². The predicted octanol–water partition coefficient (Wildman–Crippen LogP) is 1.19. The molecule has 98 valence electrons. The van der Waals surface area contributed by atoms with Crippen LogP contribution >= 0.6 is 11.3 Å². The average Bonchev–Trinajstić information content (AvgIpc) is 2.69. The van der Waals surface area contributed by atoms with Crippen LogP contribution in [0.5, 0.6) is 0 Å². The number of carboxylic acids is 1. The minimum atomic E-state index is -3.76. The minimum absolute atomic E-state index is 0.00345. The third kappa shape index (κ3) is 3.29. The maximum atomic E-state index is 11.9. The minimum Gasteiger partial charge on any atom is -0.477 e. The molecule has 0 saturated heterocycles. The normalized spacial score (nSPS) is 12.9. The van der Waals surface area contributed by atoms with Gasteiger partial charge in [-0.3, -0.25) is 0 Å². The molecule has 1 unspecified atom stereocenters. The summed E-state index contributed by atoms with van der Waals surface area (Å²) in [6.07, 6.45) is 0. The first-order chi connectivity index (χ1) is 8.27. The lowest BCUT2D eigenvalue weighted by Crippen LogP contribution is -2.28. The number of nitrogens with one attached hydrogen (secondary N) is 1. The number of hydrogen-bond acceptors (Lipinski definition) is 5. The Kier molecular flexibility index (Phi) is 4.45. The van der Waals surface area contributed by atoms with Crippen molar-refractivity contribution in [3.05, 3.63) is 15.8 Å². The van der Waals surface area contributed by atoms with Crippen LogP contribution in [0.2, 0.25) is 0 Å². The quantitative estimate of drug-likeness (QED) is 0.846. The van der Waals surface area contributed by atoms with Crippen LogP contribution in [-0.2, 0) is 10.0 Å². The molecule has 0 saturated carbocycles. The molecule has 0 spiro atoms. The van der Waals surface area contributed by atoms with E-state index in [1.165, 1.54) is 0 Å². The van der Waals surface area contributed by atoms with Crippen molar-refractivity contribution in [1.82, 2.24) is 4.72 Å². The van der Waals surface area contributed by atoms with Crippen molar-refractivity contribution in [1.29, 1.82) is 5.26 Å². The summed E-state index contributed by atoms with van der Waals surface area (Å²) >= 11 is 0.906. The molecule has 1 atom stereocenters. The van der Waals surface area contributed by atoms with E-state index in [4.69, 9.17) is 10.4 Å². The van der Waals surface area contributed by atoms with Crippen LogP contribution in [0.1, 0.15) is 21.5 Å². The fourth-order valence-corrected chi connectivity index (χ4v) is 3.75. The lowest BCUT2D eigenvalue weighted by atomic mass is 10.2. The van der Waals surface area contributed by atoms with Gasteiger partial charge in [-0.1, -0.05) is 0 Å². The van der Waals surface area contributed by atoms with E-state index in [2.05, 4.69) is 4.72 Å². The Balaban J connectivity index is 2.99. The predicted molar refractivity (Wildman–Crippen MR) is 66.0 cm³/mol. The van der Waals surface area contributed by atoms with Crippen LogP contribution in [0.3, 0.4) is 0 Å². The number of hydrogen-bond donors (Lipinski definition) is 2. The van der Waals surface area contributed by atoms with Crippen LogP contribution < -0.4 is 4.72 Å². The molecule has 0 aromatic carbocycles. The molecule has 0 aliphatic carbocycles. The van der Waals surface area contributed by atoms with Crippen LogP contribution in [0.4, 0.5) is 0 Å². The van der Waals surface area contributed by atoms with E-state index in [9.17, 15) is 13.2 Å². The van der Waals surface area contributed by atoms with Crippen molar-refractivity contribution >= 4 is 27.3 Å². The zero-order chi connectivity index (χ0) is 13.9. The van der Waals surface area contributed by atoms with Gasteiger partial charge in [0.15, 0.2) is 0 Å². The number of carboxylic acid groups (broad SMARTS) is 1. The molecule has 18 heavy (non-hydrogen) atoms. The zero-order valence-corrected chi connectivity index (χ0v) is 11.4. The molecule has 1 aromatic rings. The van der Waals surface area contributed by atoms with Crippen LogP contribution in [0, 0.1) is 24.2 Å². The van der Waals surface area contributed by atoms with Crippen molar-refractivity contribution < 1.29 is 18.3 Å². The molecule has 6 nitrogen and oxygen atoms in total. The topological polar surface area (TPSA) is 107 Å². The van der Waals surface area contributed by atoms with Gasteiger partial charge < -0.3 is 5.11 Å². The summed E-state index contributed by atoms with van der Waals surface area (Å²) in [6, 6.07) is 3.04. The molecule has 0 fully saturated rings. The molecule has 8 heteroatoms. The van der Waals surface area contributed by atoms with Gasteiger partial charge in [0.1, 0.15) is 4.88 Å². The molecular formula is C10H12N2O4S2. The summed E-state index contributed by atoms with van der Waals surface area (Å²) < 4.78 is 26.1. The van der Waals surface area contributed by atoms with Gasteiger partial charge in [0.2, 0.25) is 10.0 Å². The van der Waals surface area contributed by atoms with Crippen LogP contribution in [0.25, 0.3) is 0 Å². The molecule has 0 aliphatic heterocycles. The van der Waals surface area contributed by atoms with Gasteiger partial charge in [-0.15, -0.1) is 11.3 Å². The van der Waals surface area contributed by atoms with E-state index < -0.39 is 21.9 Å². The highest BCUT2D eigenvalue weighted by molar-refractivity contribution is 7.89. The number of rotatable bonds is 5. The Hall–Kier alpha value is -1.43. The third-order valence-electron chi connectivity index (χ3n) is 2.17. The van der Waals surface area contributed by atoms with Crippen molar-refractivity contribution in [3.8, 4) is 6.07 Å². The van der Waals surface area contributed by atoms with Gasteiger partial charge in [0.25, 0.3) is 0 Å². The summed E-state index contributed by atoms with van der Waals surface area (Å²) in [7, 11) is -3.76. The Morgan fingerprint density at radius 3 is 2.72 bits per heavy atom. The average molecular weight is 288 g/mol. The monoisotopic (exact) mass is 288 g/mol. The second-order valence-corrected chi connectivity index (χ2v) is 6.71. The highest BCUT2D eigenvalue weighted by Crippen LogP contribution is 2.25. The van der Waals surface area contributed by atoms with Crippen molar-refractivity contribution in [2.75, 3.05) is 6.54 Å². The highest BCUT2D eigenvalue weighted by Gasteiger charge is 2.22. The van der Waals surface area contributed by atoms with E-state index >= 15 is 0 Å². The molecule has 0 amide bonds. The molecule has 1 heterocycles. The standard InChI is InChI=1S/C10H12N2O4S2/c1-6(4-11)5-12-18(15,16)9-3-8(10(13)14)17-7(9)2/h3,6,12H,5H2,1-2H3,(H,13,14). The van der Waals surface area contributed by atoms with Gasteiger partial charge in [0.05, 0.1) is 16.9 Å². The molecule has 2 N–H and O–H groups in total. The van der Waals surface area contributed by atoms with Gasteiger partial charge in [0, 0.05) is 11.4 Å². The Labute approximate surface area is 109 Å². The van der Waals surface area contributed by atoms with Gasteiger partial charge in [-0.2, -0.15) is 5.26 Å². The summed E-state index contributed by atoms with van der Waals surface area (Å²) in [5.74, 6) is -1.60. The van der Waals surface area contributed by atoms with Crippen LogP contribution in [0.15, 0.2) is 11.0 Å². The van der Waals surface area contributed by atoms with E-state index in [1.807, 2.05) is 6.07 Å². The summed E-state index contributed by atoms with van der Waals surface area (Å²) in [5, 5.41) is 17.4. The zero-order valence-electron chi connectivity index (χ0n) is 9.80. The Morgan fingerprint density at radius 1 is 1.67 bits per heavy atom. The molecule has 1 aromatic heterocycles. The lowest BCUT2D eigenvalue weighted by Gasteiger charge is -2.06. The molecule has 0 radical (unpaired) electrons.